The first kappa shape index (κ1) is 31.8. The summed E-state index contributed by atoms with van der Waals surface area (Å²) < 4.78 is 33.6. The van der Waals surface area contributed by atoms with E-state index in [0.29, 0.717) is 28.6 Å². The molecule has 0 amide bonds. The smallest absolute Gasteiger partial charge is 0.160 e. The molecule has 0 aliphatic carbocycles. The minimum atomic E-state index is -0.553. The molecule has 211 valence electrons. The van der Waals surface area contributed by atoms with Crippen LogP contribution in [0.3, 0.4) is 0 Å². The van der Waals surface area contributed by atoms with Gasteiger partial charge in [-0.05, 0) is 33.8 Å². The maximum Gasteiger partial charge on any atom is 0.160 e. The minimum Gasteiger partial charge on any atom is -0.493 e. The van der Waals surface area contributed by atoms with Gasteiger partial charge in [0.25, 0.3) is 0 Å². The summed E-state index contributed by atoms with van der Waals surface area (Å²) in [5.74, 6) is 5.03. The molecule has 0 bridgehead atoms. The van der Waals surface area contributed by atoms with Crippen LogP contribution in [0.1, 0.15) is 0 Å². The third kappa shape index (κ3) is 8.66. The molecule has 7 radical (unpaired) electrons. The first-order valence-electron chi connectivity index (χ1n) is 13.3. The van der Waals surface area contributed by atoms with E-state index in [-0.39, 0.29) is 0 Å². The second kappa shape index (κ2) is 17.2. The van der Waals surface area contributed by atoms with Crippen LogP contribution >= 0.6 is 0 Å². The van der Waals surface area contributed by atoms with E-state index in [2.05, 4.69) is 36.4 Å². The summed E-state index contributed by atoms with van der Waals surface area (Å²) in [7, 11) is 11.8. The van der Waals surface area contributed by atoms with E-state index in [1.165, 1.54) is 51.8 Å². The first-order valence-corrected chi connectivity index (χ1v) is 19.0. The Kier molecular flexibility index (Phi) is 13.7. The largest absolute Gasteiger partial charge is 0.493 e. The van der Waals surface area contributed by atoms with Crippen molar-refractivity contribution in [3.8, 4) is 34.5 Å². The highest BCUT2D eigenvalue weighted by Crippen LogP contribution is 2.26. The Morgan fingerprint density at radius 1 is 0.450 bits per heavy atom. The Labute approximate surface area is 248 Å². The molecule has 0 N–H and O–H groups in total. The van der Waals surface area contributed by atoms with Crippen LogP contribution in [-0.2, 0) is 0 Å². The molecule has 0 aliphatic heterocycles. The Morgan fingerprint density at radius 2 is 0.750 bits per heavy atom. The number of benzene rings is 3. The first-order chi connectivity index (χ1) is 19.6. The highest BCUT2D eigenvalue weighted by Gasteiger charge is 2.17. The fraction of sp³-hybridized carbons (Fsp3) is 0.400. The van der Waals surface area contributed by atoms with Gasteiger partial charge in [-0.25, -0.2) is 0 Å². The summed E-state index contributed by atoms with van der Waals surface area (Å²) in [4.78, 5) is 0. The van der Waals surface area contributed by atoms with Crippen LogP contribution in [0.15, 0.2) is 54.6 Å². The molecule has 0 saturated carbocycles. The zero-order chi connectivity index (χ0) is 28.7. The summed E-state index contributed by atoms with van der Waals surface area (Å²) in [5, 5.41) is 3.73. The lowest BCUT2D eigenvalue weighted by Crippen LogP contribution is -2.24. The summed E-state index contributed by atoms with van der Waals surface area (Å²) >= 11 is 0. The van der Waals surface area contributed by atoms with Crippen LogP contribution in [0.25, 0.3) is 0 Å². The molecule has 0 spiro atoms. The number of ether oxygens (including phenoxy) is 6. The Hall–Kier alpha value is -2.67. The van der Waals surface area contributed by atoms with Crippen LogP contribution in [0.5, 0.6) is 34.5 Å². The van der Waals surface area contributed by atoms with Crippen molar-refractivity contribution in [2.75, 3.05) is 42.7 Å². The van der Waals surface area contributed by atoms with Crippen molar-refractivity contribution in [3.63, 3.8) is 0 Å². The van der Waals surface area contributed by atoms with Crippen molar-refractivity contribution in [2.24, 2.45) is 0 Å². The van der Waals surface area contributed by atoms with E-state index in [4.69, 9.17) is 28.4 Å². The number of hydrogen-bond donors (Lipinski definition) is 0. The lowest BCUT2D eigenvalue weighted by atomic mass is 10.3. The van der Waals surface area contributed by atoms with Crippen molar-refractivity contribution >= 4 is 52.9 Å². The van der Waals surface area contributed by atoms with E-state index >= 15 is 0 Å². The standard InChI is InChI=1S/C30H39O6Si4/c1-31-22-10-7-13-25(28(22)34-4)37-16-19-40(20-17-38-26-14-8-11-23(32-2)29(26)35-5)21-18-39-27-15-9-12-24(33-3)30(27)36-6/h7-15H,16-21H2,1-6H3. The fourth-order valence-corrected chi connectivity index (χ4v) is 13.7. The molecule has 10 heteroatoms. The van der Waals surface area contributed by atoms with Crippen LogP contribution in [0.2, 0.25) is 36.3 Å². The van der Waals surface area contributed by atoms with E-state index in [1.807, 2.05) is 18.2 Å². The Balaban J connectivity index is 1.65. The normalized spacial score (nSPS) is 10.9. The van der Waals surface area contributed by atoms with Crippen LogP contribution in [0, 0.1) is 0 Å². The molecule has 0 unspecified atom stereocenters. The maximum absolute atomic E-state index is 5.68. The number of hydrogen-bond acceptors (Lipinski definition) is 6. The van der Waals surface area contributed by atoms with Gasteiger partial charge in [-0.3, -0.25) is 0 Å². The summed E-state index contributed by atoms with van der Waals surface area (Å²) in [6.45, 7) is 0. The van der Waals surface area contributed by atoms with E-state index < -0.39 is 8.80 Å². The molecule has 0 fully saturated rings. The highest BCUT2D eigenvalue weighted by atomic mass is 28.3. The van der Waals surface area contributed by atoms with Crippen LogP contribution in [0.4, 0.5) is 0 Å². The second-order valence-corrected chi connectivity index (χ2v) is 16.1. The van der Waals surface area contributed by atoms with Gasteiger partial charge in [-0.2, -0.15) is 0 Å². The summed E-state index contributed by atoms with van der Waals surface area (Å²) in [5.41, 5.74) is 0. The molecule has 0 saturated heterocycles. The maximum atomic E-state index is 5.68. The molecular weight excluding hydrogens is 569 g/mol. The zero-order valence-corrected chi connectivity index (χ0v) is 28.4. The van der Waals surface area contributed by atoms with Crippen molar-refractivity contribution < 1.29 is 28.4 Å². The van der Waals surface area contributed by atoms with Crippen molar-refractivity contribution in [1.82, 2.24) is 0 Å². The van der Waals surface area contributed by atoms with Gasteiger partial charge in [0.15, 0.2) is 34.5 Å². The van der Waals surface area contributed by atoms with Gasteiger partial charge in [0.2, 0.25) is 0 Å². The molecule has 3 aromatic carbocycles. The number of rotatable bonds is 18. The molecule has 3 rings (SSSR count). The quantitative estimate of drug-likeness (QED) is 0.205. The molecule has 40 heavy (non-hydrogen) atoms. The summed E-state index contributed by atoms with van der Waals surface area (Å²) in [6, 6.07) is 25.9. The van der Waals surface area contributed by atoms with Crippen LogP contribution in [-0.4, -0.2) is 80.0 Å². The molecule has 6 nitrogen and oxygen atoms in total. The lowest BCUT2D eigenvalue weighted by molar-refractivity contribution is 0.357. The topological polar surface area (TPSA) is 55.4 Å². The SMILES string of the molecule is COc1cccc([Si]CC[Si](CC[Si]c2cccc(OC)c2OC)CC[Si]c2cccc(OC)c2OC)c1OC. The van der Waals surface area contributed by atoms with E-state index in [0.717, 1.165) is 34.5 Å². The molecule has 3 aromatic rings. The minimum absolute atomic E-state index is 0.553. The van der Waals surface area contributed by atoms with Crippen LogP contribution < -0.4 is 44.0 Å². The fourth-order valence-electron chi connectivity index (χ4n) is 4.58. The number of para-hydroxylation sites is 3. The average Bonchev–Trinajstić information content (AvgIpc) is 2.99. The predicted octanol–water partition coefficient (Wildman–Crippen LogP) is 3.88. The van der Waals surface area contributed by atoms with Gasteiger partial charge in [-0.15, -0.1) is 0 Å². The van der Waals surface area contributed by atoms with Gasteiger partial charge in [0, 0.05) is 8.80 Å². The van der Waals surface area contributed by atoms with Gasteiger partial charge in [-0.1, -0.05) is 72.7 Å². The molecule has 0 heterocycles. The third-order valence-electron chi connectivity index (χ3n) is 6.59. The van der Waals surface area contributed by atoms with E-state index in [9.17, 15) is 0 Å². The third-order valence-corrected chi connectivity index (χ3v) is 14.8. The second-order valence-electron chi connectivity index (χ2n) is 8.90. The monoisotopic (exact) mass is 607 g/mol. The van der Waals surface area contributed by atoms with Gasteiger partial charge in [0.1, 0.15) is 0 Å². The molecule has 0 atom stereocenters. The van der Waals surface area contributed by atoms with Crippen molar-refractivity contribution in [2.45, 2.75) is 36.3 Å². The average molecular weight is 608 g/mol. The van der Waals surface area contributed by atoms with Crippen molar-refractivity contribution in [3.05, 3.63) is 54.6 Å². The Bertz CT molecular complexity index is 1050. The van der Waals surface area contributed by atoms with E-state index in [1.54, 1.807) is 42.7 Å². The Morgan fingerprint density at radius 3 is 1.00 bits per heavy atom. The predicted molar refractivity (Wildman–Crippen MR) is 169 cm³/mol. The zero-order valence-electron chi connectivity index (χ0n) is 24.4. The number of methoxy groups -OCH3 is 6. The molecular formula is C30H39O6Si4. The van der Waals surface area contributed by atoms with Crippen molar-refractivity contribution in [1.29, 1.82) is 0 Å². The highest BCUT2D eigenvalue weighted by molar-refractivity contribution is 6.66. The molecule has 0 aromatic heterocycles. The van der Waals surface area contributed by atoms with Gasteiger partial charge >= 0.3 is 0 Å². The molecule has 0 aliphatic rings. The van der Waals surface area contributed by atoms with Gasteiger partial charge < -0.3 is 28.4 Å². The van der Waals surface area contributed by atoms with Gasteiger partial charge in [0.05, 0.1) is 71.2 Å². The summed E-state index contributed by atoms with van der Waals surface area (Å²) in [6.07, 6.45) is 0. The lowest BCUT2D eigenvalue weighted by Gasteiger charge is -2.17.